The van der Waals surface area contributed by atoms with Gasteiger partial charge in [-0.25, -0.2) is 0 Å². The molecule has 1 aliphatic heterocycles. The van der Waals surface area contributed by atoms with Gasteiger partial charge >= 0.3 is 0 Å². The van der Waals surface area contributed by atoms with E-state index in [4.69, 9.17) is 5.73 Å². The molecule has 2 heteroatoms. The predicted molar refractivity (Wildman–Crippen MR) is 76.4 cm³/mol. The van der Waals surface area contributed by atoms with Crippen LogP contribution in [0, 0.1) is 22.7 Å². The van der Waals surface area contributed by atoms with Crippen LogP contribution in [0.1, 0.15) is 52.4 Å². The van der Waals surface area contributed by atoms with E-state index in [0.717, 1.165) is 24.4 Å². The summed E-state index contributed by atoms with van der Waals surface area (Å²) in [7, 11) is 2.37. The molecule has 0 aromatic heterocycles. The molecule has 0 spiro atoms. The summed E-state index contributed by atoms with van der Waals surface area (Å²) in [5, 5.41) is 0. The van der Waals surface area contributed by atoms with Gasteiger partial charge < -0.3 is 10.6 Å². The number of nitrogens with zero attached hydrogens (tertiary/aromatic N) is 1. The minimum atomic E-state index is 0.482. The standard InChI is InChI=1S/C16H30N2/c1-4-15-9-16(10-17)8-7-14(18(3)11-15)13(16)6-5-12(15)2/h12-14H,4-11,17H2,1-3H3. The third-order valence-corrected chi connectivity index (χ3v) is 7.09. The second-order valence-electron chi connectivity index (χ2n) is 7.57. The van der Waals surface area contributed by atoms with Crippen molar-refractivity contribution >= 4 is 0 Å². The van der Waals surface area contributed by atoms with Crippen molar-refractivity contribution in [2.75, 3.05) is 20.1 Å². The molecule has 0 radical (unpaired) electrons. The molecule has 0 amide bonds. The molecule has 4 bridgehead atoms. The van der Waals surface area contributed by atoms with Crippen LogP contribution in [0.5, 0.6) is 0 Å². The van der Waals surface area contributed by atoms with Gasteiger partial charge in [0.15, 0.2) is 0 Å². The molecule has 5 unspecified atom stereocenters. The van der Waals surface area contributed by atoms with E-state index in [0.29, 0.717) is 10.8 Å². The highest BCUT2D eigenvalue weighted by Gasteiger charge is 2.58. The van der Waals surface area contributed by atoms with Crippen molar-refractivity contribution in [2.45, 2.75) is 58.4 Å². The summed E-state index contributed by atoms with van der Waals surface area (Å²) in [6.07, 6.45) is 8.38. The molecule has 104 valence electrons. The Balaban J connectivity index is 2.06. The van der Waals surface area contributed by atoms with Crippen LogP contribution in [-0.4, -0.2) is 31.1 Å². The number of hydrogen-bond acceptors (Lipinski definition) is 2. The molecule has 1 heterocycles. The van der Waals surface area contributed by atoms with Gasteiger partial charge in [0, 0.05) is 12.6 Å². The van der Waals surface area contributed by atoms with Crippen molar-refractivity contribution in [3.05, 3.63) is 0 Å². The van der Waals surface area contributed by atoms with Gasteiger partial charge in [-0.05, 0) is 74.8 Å². The number of fused-ring (bicyclic) bond motifs is 1. The second-order valence-corrected chi connectivity index (χ2v) is 7.57. The Morgan fingerprint density at radius 3 is 2.67 bits per heavy atom. The third-order valence-electron chi connectivity index (χ3n) is 7.09. The monoisotopic (exact) mass is 250 g/mol. The summed E-state index contributed by atoms with van der Waals surface area (Å²) in [6, 6.07) is 0.828. The molecular weight excluding hydrogens is 220 g/mol. The third kappa shape index (κ3) is 1.54. The Morgan fingerprint density at radius 2 is 2.00 bits per heavy atom. The van der Waals surface area contributed by atoms with Crippen LogP contribution in [0.15, 0.2) is 0 Å². The fourth-order valence-corrected chi connectivity index (χ4v) is 5.82. The molecule has 0 aromatic carbocycles. The first-order valence-corrected chi connectivity index (χ1v) is 7.97. The highest BCUT2D eigenvalue weighted by atomic mass is 15.2. The van der Waals surface area contributed by atoms with E-state index < -0.39 is 0 Å². The van der Waals surface area contributed by atoms with E-state index in [9.17, 15) is 0 Å². The van der Waals surface area contributed by atoms with Crippen LogP contribution in [0.2, 0.25) is 0 Å². The fraction of sp³-hybridized carbons (Fsp3) is 1.00. The van der Waals surface area contributed by atoms with Crippen molar-refractivity contribution in [1.29, 1.82) is 0 Å². The molecule has 1 saturated heterocycles. The van der Waals surface area contributed by atoms with Crippen LogP contribution in [0.25, 0.3) is 0 Å². The first-order valence-electron chi connectivity index (χ1n) is 7.97. The van der Waals surface area contributed by atoms with Gasteiger partial charge in [0.1, 0.15) is 0 Å². The van der Waals surface area contributed by atoms with Crippen molar-refractivity contribution in [1.82, 2.24) is 4.90 Å². The zero-order chi connectivity index (χ0) is 13.0. The fourth-order valence-electron chi connectivity index (χ4n) is 5.82. The maximum Gasteiger partial charge on any atom is 0.0127 e. The Hall–Kier alpha value is -0.0800. The lowest BCUT2D eigenvalue weighted by atomic mass is 9.64. The molecule has 2 nitrogen and oxygen atoms in total. The second kappa shape index (κ2) is 4.21. The summed E-state index contributed by atoms with van der Waals surface area (Å²) < 4.78 is 0. The van der Waals surface area contributed by atoms with Crippen LogP contribution >= 0.6 is 0 Å². The maximum atomic E-state index is 6.29. The summed E-state index contributed by atoms with van der Waals surface area (Å²) in [4.78, 5) is 2.70. The summed E-state index contributed by atoms with van der Waals surface area (Å²) in [6.45, 7) is 7.15. The van der Waals surface area contributed by atoms with E-state index in [1.165, 1.54) is 45.1 Å². The van der Waals surface area contributed by atoms with Gasteiger partial charge in [-0.1, -0.05) is 13.8 Å². The number of rotatable bonds is 2. The maximum absolute atomic E-state index is 6.29. The summed E-state index contributed by atoms with van der Waals surface area (Å²) in [5.41, 5.74) is 7.31. The van der Waals surface area contributed by atoms with Crippen LogP contribution in [0.3, 0.4) is 0 Å². The average Bonchev–Trinajstić information content (AvgIpc) is 2.61. The minimum Gasteiger partial charge on any atom is -0.330 e. The number of nitrogens with two attached hydrogens (primary N) is 1. The van der Waals surface area contributed by atoms with Crippen molar-refractivity contribution in [2.24, 2.45) is 28.4 Å². The van der Waals surface area contributed by atoms with Crippen molar-refractivity contribution in [3.8, 4) is 0 Å². The van der Waals surface area contributed by atoms with E-state index in [1.807, 2.05) is 0 Å². The highest BCUT2D eigenvalue weighted by molar-refractivity contribution is 5.10. The Labute approximate surface area is 112 Å². The molecule has 3 rings (SSSR count). The predicted octanol–water partition coefficient (Wildman–Crippen LogP) is 2.87. The average molecular weight is 250 g/mol. The van der Waals surface area contributed by atoms with Crippen molar-refractivity contribution in [3.63, 3.8) is 0 Å². The number of hydrogen-bond donors (Lipinski definition) is 1. The highest BCUT2D eigenvalue weighted by Crippen LogP contribution is 2.61. The van der Waals surface area contributed by atoms with Crippen LogP contribution in [-0.2, 0) is 0 Å². The molecule has 0 aromatic rings. The molecule has 2 saturated carbocycles. The Morgan fingerprint density at radius 1 is 1.22 bits per heavy atom. The van der Waals surface area contributed by atoms with E-state index in [2.05, 4.69) is 25.8 Å². The summed E-state index contributed by atoms with van der Waals surface area (Å²) >= 11 is 0. The normalized spacial score (nSPS) is 52.3. The van der Waals surface area contributed by atoms with Gasteiger partial charge in [0.05, 0.1) is 0 Å². The molecular formula is C16H30N2. The first kappa shape index (κ1) is 12.9. The molecule has 2 N–H and O–H groups in total. The van der Waals surface area contributed by atoms with Gasteiger partial charge in [-0.2, -0.15) is 0 Å². The zero-order valence-electron chi connectivity index (χ0n) is 12.4. The van der Waals surface area contributed by atoms with Gasteiger partial charge in [0.2, 0.25) is 0 Å². The molecule has 18 heavy (non-hydrogen) atoms. The molecule has 2 aliphatic carbocycles. The lowest BCUT2D eigenvalue weighted by molar-refractivity contribution is 0.0505. The first-order chi connectivity index (χ1) is 8.57. The molecule has 3 aliphatic rings. The Bertz CT molecular complexity index is 329. The summed E-state index contributed by atoms with van der Waals surface area (Å²) in [5.74, 6) is 1.76. The SMILES string of the molecule is CCC12CN(C)C3CCC(CN)(C1)C3CCC2C. The minimum absolute atomic E-state index is 0.482. The van der Waals surface area contributed by atoms with Gasteiger partial charge in [0.25, 0.3) is 0 Å². The largest absolute Gasteiger partial charge is 0.330 e. The lowest BCUT2D eigenvalue weighted by Crippen LogP contribution is -2.45. The lowest BCUT2D eigenvalue weighted by Gasteiger charge is -2.45. The smallest absolute Gasteiger partial charge is 0.0127 e. The van der Waals surface area contributed by atoms with Gasteiger partial charge in [-0.3, -0.25) is 0 Å². The Kier molecular flexibility index (Phi) is 3.02. The molecule has 3 fully saturated rings. The topological polar surface area (TPSA) is 29.3 Å². The van der Waals surface area contributed by atoms with Crippen LogP contribution in [0.4, 0.5) is 0 Å². The van der Waals surface area contributed by atoms with Gasteiger partial charge in [-0.15, -0.1) is 0 Å². The zero-order valence-corrected chi connectivity index (χ0v) is 12.4. The number of likely N-dealkylation sites (tertiary alicyclic amines) is 1. The van der Waals surface area contributed by atoms with E-state index in [-0.39, 0.29) is 0 Å². The molecule has 5 atom stereocenters. The van der Waals surface area contributed by atoms with Crippen LogP contribution < -0.4 is 5.73 Å². The quantitative estimate of drug-likeness (QED) is 0.816. The van der Waals surface area contributed by atoms with E-state index in [1.54, 1.807) is 0 Å². The van der Waals surface area contributed by atoms with Crippen molar-refractivity contribution < 1.29 is 0 Å². The van der Waals surface area contributed by atoms with E-state index >= 15 is 0 Å².